The topological polar surface area (TPSA) is 52.0 Å². The Bertz CT molecular complexity index is 509. The van der Waals surface area contributed by atoms with Crippen molar-refractivity contribution in [3.05, 3.63) is 58.1 Å². The largest absolute Gasteiger partial charge is 0.399 e. The van der Waals surface area contributed by atoms with E-state index in [1.165, 1.54) is 5.56 Å². The smallest absolute Gasteiger partial charge is 0.0361 e. The van der Waals surface area contributed by atoms with Crippen LogP contribution in [0.2, 0.25) is 0 Å². The molecule has 16 heavy (non-hydrogen) atoms. The van der Waals surface area contributed by atoms with Crippen molar-refractivity contribution < 1.29 is 0 Å². The molecule has 0 radical (unpaired) electrons. The van der Waals surface area contributed by atoms with Gasteiger partial charge in [0.15, 0.2) is 0 Å². The van der Waals surface area contributed by atoms with Gasteiger partial charge in [0, 0.05) is 15.8 Å². The molecule has 0 aliphatic rings. The van der Waals surface area contributed by atoms with Crippen molar-refractivity contribution in [1.29, 1.82) is 0 Å². The van der Waals surface area contributed by atoms with E-state index in [4.69, 9.17) is 11.5 Å². The summed E-state index contributed by atoms with van der Waals surface area (Å²) in [7, 11) is 0. The lowest BCUT2D eigenvalue weighted by molar-refractivity contribution is 1.20. The van der Waals surface area contributed by atoms with Crippen LogP contribution in [0.3, 0.4) is 0 Å². The molecule has 0 saturated heterocycles. The summed E-state index contributed by atoms with van der Waals surface area (Å²) in [5.74, 6) is 0. The van der Waals surface area contributed by atoms with Gasteiger partial charge in [0.05, 0.1) is 0 Å². The Hall–Kier alpha value is -1.48. The lowest BCUT2D eigenvalue weighted by Crippen LogP contribution is -1.96. The number of nitrogen functional groups attached to an aromatic ring is 2. The molecule has 0 spiro atoms. The summed E-state index contributed by atoms with van der Waals surface area (Å²) in [4.78, 5) is 0. The van der Waals surface area contributed by atoms with Gasteiger partial charge in [0.25, 0.3) is 0 Å². The van der Waals surface area contributed by atoms with Crippen LogP contribution in [-0.4, -0.2) is 0 Å². The van der Waals surface area contributed by atoms with Crippen LogP contribution in [-0.2, 0) is 6.42 Å². The van der Waals surface area contributed by atoms with Crippen molar-refractivity contribution >= 4 is 27.3 Å². The highest BCUT2D eigenvalue weighted by molar-refractivity contribution is 9.10. The first-order chi connectivity index (χ1) is 7.65. The minimum absolute atomic E-state index is 0.785. The normalized spacial score (nSPS) is 10.3. The van der Waals surface area contributed by atoms with E-state index >= 15 is 0 Å². The highest BCUT2D eigenvalue weighted by Crippen LogP contribution is 2.21. The van der Waals surface area contributed by atoms with E-state index in [2.05, 4.69) is 22.0 Å². The lowest BCUT2D eigenvalue weighted by atomic mass is 10.0. The fraction of sp³-hybridized carbons (Fsp3) is 0.0769. The van der Waals surface area contributed by atoms with E-state index in [9.17, 15) is 0 Å². The second kappa shape index (κ2) is 4.58. The Morgan fingerprint density at radius 2 is 1.81 bits per heavy atom. The van der Waals surface area contributed by atoms with Crippen molar-refractivity contribution in [3.63, 3.8) is 0 Å². The van der Waals surface area contributed by atoms with E-state index in [1.807, 2.05) is 36.4 Å². The molecule has 0 heterocycles. The molecule has 0 fully saturated rings. The van der Waals surface area contributed by atoms with Crippen molar-refractivity contribution in [2.24, 2.45) is 0 Å². The molecule has 0 atom stereocenters. The summed E-state index contributed by atoms with van der Waals surface area (Å²) in [6.45, 7) is 0. The van der Waals surface area contributed by atoms with Gasteiger partial charge in [0.1, 0.15) is 0 Å². The highest BCUT2D eigenvalue weighted by atomic mass is 79.9. The molecule has 0 aliphatic heterocycles. The lowest BCUT2D eigenvalue weighted by Gasteiger charge is -2.06. The van der Waals surface area contributed by atoms with E-state index in [0.717, 1.165) is 27.8 Å². The Morgan fingerprint density at radius 1 is 1.00 bits per heavy atom. The molecular formula is C13H13BrN2. The molecule has 3 heteroatoms. The van der Waals surface area contributed by atoms with Crippen LogP contribution in [0, 0.1) is 0 Å². The average Bonchev–Trinajstić information content (AvgIpc) is 2.22. The summed E-state index contributed by atoms with van der Waals surface area (Å²) in [6.07, 6.45) is 0.810. The van der Waals surface area contributed by atoms with Crippen molar-refractivity contribution in [2.45, 2.75) is 6.42 Å². The zero-order valence-electron chi connectivity index (χ0n) is 8.78. The molecule has 2 aromatic carbocycles. The summed E-state index contributed by atoms with van der Waals surface area (Å²) in [6, 6.07) is 13.8. The van der Waals surface area contributed by atoms with Gasteiger partial charge in [0.2, 0.25) is 0 Å². The van der Waals surface area contributed by atoms with E-state index < -0.39 is 0 Å². The second-order valence-electron chi connectivity index (χ2n) is 3.76. The maximum absolute atomic E-state index is 5.95. The third-order valence-electron chi connectivity index (χ3n) is 2.45. The zero-order chi connectivity index (χ0) is 11.5. The number of hydrogen-bond acceptors (Lipinski definition) is 2. The maximum Gasteiger partial charge on any atom is 0.0361 e. The van der Waals surface area contributed by atoms with Gasteiger partial charge in [-0.1, -0.05) is 34.1 Å². The summed E-state index contributed by atoms with van der Waals surface area (Å²) >= 11 is 3.39. The number of rotatable bonds is 2. The first-order valence-electron chi connectivity index (χ1n) is 5.03. The van der Waals surface area contributed by atoms with Gasteiger partial charge >= 0.3 is 0 Å². The molecule has 0 amide bonds. The number of anilines is 2. The fourth-order valence-corrected chi connectivity index (χ4v) is 2.03. The SMILES string of the molecule is Nc1cccc(Cc2ccc(Br)cc2N)c1. The van der Waals surface area contributed by atoms with Crippen molar-refractivity contribution in [3.8, 4) is 0 Å². The minimum atomic E-state index is 0.785. The van der Waals surface area contributed by atoms with E-state index in [-0.39, 0.29) is 0 Å². The van der Waals surface area contributed by atoms with E-state index in [0.29, 0.717) is 0 Å². The molecule has 2 nitrogen and oxygen atoms in total. The standard InChI is InChI=1S/C13H13BrN2/c14-11-5-4-10(13(16)8-11)6-9-2-1-3-12(15)7-9/h1-5,7-8H,6,15-16H2. The molecule has 0 unspecified atom stereocenters. The minimum Gasteiger partial charge on any atom is -0.399 e. The molecule has 2 rings (SSSR count). The van der Waals surface area contributed by atoms with Crippen LogP contribution in [0.5, 0.6) is 0 Å². The number of hydrogen-bond donors (Lipinski definition) is 2. The Kier molecular flexibility index (Phi) is 3.15. The first-order valence-corrected chi connectivity index (χ1v) is 5.83. The van der Waals surface area contributed by atoms with Gasteiger partial charge in [-0.3, -0.25) is 0 Å². The molecule has 82 valence electrons. The predicted octanol–water partition coefficient (Wildman–Crippen LogP) is 3.20. The van der Waals surface area contributed by atoms with Gasteiger partial charge in [-0.15, -0.1) is 0 Å². The van der Waals surface area contributed by atoms with Gasteiger partial charge in [-0.25, -0.2) is 0 Å². The number of halogens is 1. The van der Waals surface area contributed by atoms with Crippen LogP contribution in [0.1, 0.15) is 11.1 Å². The monoisotopic (exact) mass is 276 g/mol. The van der Waals surface area contributed by atoms with Crippen LogP contribution in [0.15, 0.2) is 46.9 Å². The molecule has 0 bridgehead atoms. The van der Waals surface area contributed by atoms with Gasteiger partial charge < -0.3 is 11.5 Å². The second-order valence-corrected chi connectivity index (χ2v) is 4.68. The first kappa shape index (κ1) is 11.0. The van der Waals surface area contributed by atoms with Crippen LogP contribution >= 0.6 is 15.9 Å². The number of benzene rings is 2. The van der Waals surface area contributed by atoms with Crippen molar-refractivity contribution in [1.82, 2.24) is 0 Å². The number of nitrogens with two attached hydrogens (primary N) is 2. The predicted molar refractivity (Wildman–Crippen MR) is 72.2 cm³/mol. The third-order valence-corrected chi connectivity index (χ3v) is 2.95. The van der Waals surface area contributed by atoms with Crippen molar-refractivity contribution in [2.75, 3.05) is 11.5 Å². The van der Waals surface area contributed by atoms with Gasteiger partial charge in [-0.2, -0.15) is 0 Å². The molecule has 0 saturated carbocycles. The fourth-order valence-electron chi connectivity index (χ4n) is 1.65. The van der Waals surface area contributed by atoms with E-state index in [1.54, 1.807) is 0 Å². The van der Waals surface area contributed by atoms with Gasteiger partial charge in [-0.05, 0) is 41.8 Å². The Morgan fingerprint density at radius 3 is 2.50 bits per heavy atom. The molecule has 4 N–H and O–H groups in total. The molecular weight excluding hydrogens is 264 g/mol. The average molecular weight is 277 g/mol. The maximum atomic E-state index is 5.95. The molecule has 0 aromatic heterocycles. The quantitative estimate of drug-likeness (QED) is 0.828. The Balaban J connectivity index is 2.27. The summed E-state index contributed by atoms with van der Waals surface area (Å²) in [5.41, 5.74) is 15.6. The Labute approximate surface area is 103 Å². The molecule has 2 aromatic rings. The van der Waals surface area contributed by atoms with Crippen LogP contribution in [0.25, 0.3) is 0 Å². The zero-order valence-corrected chi connectivity index (χ0v) is 10.4. The summed E-state index contributed by atoms with van der Waals surface area (Å²) < 4.78 is 1.00. The van der Waals surface area contributed by atoms with Crippen LogP contribution < -0.4 is 11.5 Å². The molecule has 0 aliphatic carbocycles. The third kappa shape index (κ3) is 2.55. The van der Waals surface area contributed by atoms with Crippen LogP contribution in [0.4, 0.5) is 11.4 Å². The highest BCUT2D eigenvalue weighted by Gasteiger charge is 2.01. The summed E-state index contributed by atoms with van der Waals surface area (Å²) in [5, 5.41) is 0.